The van der Waals surface area contributed by atoms with Crippen LogP contribution in [-0.2, 0) is 0 Å². The number of rotatable bonds is 4. The molecule has 0 aliphatic rings. The van der Waals surface area contributed by atoms with Crippen LogP contribution >= 0.6 is 12.6 Å². The van der Waals surface area contributed by atoms with Gasteiger partial charge in [-0.1, -0.05) is 0 Å². The highest BCUT2D eigenvalue weighted by atomic mass is 32.1. The maximum absolute atomic E-state index is 13.5. The number of benzene rings is 1. The van der Waals surface area contributed by atoms with E-state index in [0.29, 0.717) is 12.3 Å². The van der Waals surface area contributed by atoms with Gasteiger partial charge in [0.05, 0.1) is 12.8 Å². The summed E-state index contributed by atoms with van der Waals surface area (Å²) in [4.78, 5) is 1.60. The van der Waals surface area contributed by atoms with E-state index in [-0.39, 0.29) is 11.4 Å². The molecule has 2 nitrogen and oxygen atoms in total. The highest BCUT2D eigenvalue weighted by Gasteiger charge is 2.12. The molecule has 0 amide bonds. The van der Waals surface area contributed by atoms with Gasteiger partial charge in [0, 0.05) is 31.5 Å². The molecule has 0 aliphatic carbocycles. The van der Waals surface area contributed by atoms with Crippen molar-refractivity contribution in [2.24, 2.45) is 0 Å². The van der Waals surface area contributed by atoms with Crippen molar-refractivity contribution in [2.45, 2.75) is 0 Å². The number of methoxy groups -OCH3 is 1. The van der Waals surface area contributed by atoms with Crippen LogP contribution in [-0.4, -0.2) is 26.5 Å². The molecule has 5 heteroatoms. The van der Waals surface area contributed by atoms with Crippen LogP contribution in [0.4, 0.5) is 14.5 Å². The Balaban J connectivity index is 3.04. The van der Waals surface area contributed by atoms with Crippen molar-refractivity contribution in [3.8, 4) is 5.75 Å². The molecule has 0 unspecified atom stereocenters. The van der Waals surface area contributed by atoms with E-state index in [1.165, 1.54) is 7.11 Å². The van der Waals surface area contributed by atoms with Gasteiger partial charge in [0.2, 0.25) is 0 Å². The molecule has 0 aliphatic heterocycles. The van der Waals surface area contributed by atoms with Crippen molar-refractivity contribution in [1.82, 2.24) is 0 Å². The number of hydrogen-bond donors (Lipinski definition) is 1. The summed E-state index contributed by atoms with van der Waals surface area (Å²) in [6.45, 7) is 0.547. The van der Waals surface area contributed by atoms with Gasteiger partial charge < -0.3 is 9.64 Å². The third-order valence-corrected chi connectivity index (χ3v) is 2.27. The van der Waals surface area contributed by atoms with E-state index in [4.69, 9.17) is 0 Å². The average Bonchev–Trinajstić information content (AvgIpc) is 2.21. The van der Waals surface area contributed by atoms with Gasteiger partial charge in [-0.15, -0.1) is 0 Å². The zero-order chi connectivity index (χ0) is 11.4. The lowest BCUT2D eigenvalue weighted by Gasteiger charge is -2.19. The number of ether oxygens (including phenoxy) is 1. The van der Waals surface area contributed by atoms with E-state index >= 15 is 0 Å². The molecule has 0 N–H and O–H groups in total. The summed E-state index contributed by atoms with van der Waals surface area (Å²) < 4.78 is 31.4. The van der Waals surface area contributed by atoms with Crippen LogP contribution in [0.15, 0.2) is 12.1 Å². The van der Waals surface area contributed by atoms with E-state index in [2.05, 4.69) is 17.4 Å². The Hall–Kier alpha value is -0.970. The van der Waals surface area contributed by atoms with Gasteiger partial charge in [-0.3, -0.25) is 0 Å². The number of anilines is 1. The lowest BCUT2D eigenvalue weighted by molar-refractivity contribution is 0.383. The predicted octanol–water partition coefficient (Wildman–Crippen LogP) is 2.34. The summed E-state index contributed by atoms with van der Waals surface area (Å²) in [5, 5.41) is 0. The first-order valence-electron chi connectivity index (χ1n) is 4.45. The fourth-order valence-corrected chi connectivity index (χ4v) is 1.54. The standard InChI is InChI=1S/C10H13F2NOS/c1-13(3-4-15)9-5-8(12)10(14-2)6-7(9)11/h5-6,15H,3-4H2,1-2H3. The minimum atomic E-state index is -0.570. The third-order valence-electron chi connectivity index (χ3n) is 2.07. The predicted molar refractivity (Wildman–Crippen MR) is 60.0 cm³/mol. The Morgan fingerprint density at radius 2 is 2.00 bits per heavy atom. The van der Waals surface area contributed by atoms with E-state index in [1.54, 1.807) is 11.9 Å². The van der Waals surface area contributed by atoms with Crippen molar-refractivity contribution < 1.29 is 13.5 Å². The Morgan fingerprint density at radius 3 is 2.53 bits per heavy atom. The summed E-state index contributed by atoms with van der Waals surface area (Å²) in [5.74, 6) is -0.586. The third kappa shape index (κ3) is 2.75. The molecule has 84 valence electrons. The SMILES string of the molecule is COc1cc(F)c(N(C)CCS)cc1F. The van der Waals surface area contributed by atoms with Crippen LogP contribution in [0.2, 0.25) is 0 Å². The molecule has 0 atom stereocenters. The van der Waals surface area contributed by atoms with Gasteiger partial charge in [-0.05, 0) is 0 Å². The van der Waals surface area contributed by atoms with Gasteiger partial charge >= 0.3 is 0 Å². The molecule has 0 fully saturated rings. The zero-order valence-electron chi connectivity index (χ0n) is 8.63. The van der Waals surface area contributed by atoms with Gasteiger partial charge in [-0.2, -0.15) is 12.6 Å². The fourth-order valence-electron chi connectivity index (χ4n) is 1.24. The monoisotopic (exact) mass is 233 g/mol. The molecule has 0 radical (unpaired) electrons. The Morgan fingerprint density at radius 1 is 1.33 bits per heavy atom. The molecular formula is C10H13F2NOS. The quantitative estimate of drug-likeness (QED) is 0.801. The van der Waals surface area contributed by atoms with Gasteiger partial charge in [-0.25, -0.2) is 8.78 Å². The summed E-state index contributed by atoms with van der Waals surface area (Å²) >= 11 is 4.03. The number of nitrogens with zero attached hydrogens (tertiary/aromatic N) is 1. The maximum atomic E-state index is 13.5. The summed E-state index contributed by atoms with van der Waals surface area (Å²) in [5.41, 5.74) is 0.211. The van der Waals surface area contributed by atoms with Crippen LogP contribution in [0, 0.1) is 11.6 Å². The second-order valence-corrected chi connectivity index (χ2v) is 3.53. The van der Waals surface area contributed by atoms with Crippen molar-refractivity contribution in [2.75, 3.05) is 31.4 Å². The molecule has 0 saturated carbocycles. The molecule has 0 bridgehead atoms. The normalized spacial score (nSPS) is 10.2. The number of hydrogen-bond acceptors (Lipinski definition) is 3. The maximum Gasteiger partial charge on any atom is 0.167 e. The molecule has 0 aromatic heterocycles. The van der Waals surface area contributed by atoms with Crippen molar-refractivity contribution in [3.05, 3.63) is 23.8 Å². The smallest absolute Gasteiger partial charge is 0.167 e. The van der Waals surface area contributed by atoms with Crippen molar-refractivity contribution in [3.63, 3.8) is 0 Å². The zero-order valence-corrected chi connectivity index (χ0v) is 9.52. The minimum Gasteiger partial charge on any atom is -0.494 e. The summed E-state index contributed by atoms with van der Waals surface area (Å²) in [7, 11) is 2.98. The number of halogens is 2. The van der Waals surface area contributed by atoms with Gasteiger partial charge in [0.1, 0.15) is 5.82 Å². The van der Waals surface area contributed by atoms with E-state index in [0.717, 1.165) is 12.1 Å². The van der Waals surface area contributed by atoms with Crippen LogP contribution in [0.5, 0.6) is 5.75 Å². The molecule has 1 aromatic rings. The largest absolute Gasteiger partial charge is 0.494 e. The average molecular weight is 233 g/mol. The lowest BCUT2D eigenvalue weighted by Crippen LogP contribution is -2.21. The van der Waals surface area contributed by atoms with Gasteiger partial charge in [0.25, 0.3) is 0 Å². The van der Waals surface area contributed by atoms with E-state index in [9.17, 15) is 8.78 Å². The first-order chi connectivity index (χ1) is 7.10. The second kappa shape index (κ2) is 5.21. The van der Waals surface area contributed by atoms with E-state index < -0.39 is 11.6 Å². The first kappa shape index (κ1) is 12.1. The van der Waals surface area contributed by atoms with Crippen LogP contribution in [0.3, 0.4) is 0 Å². The molecule has 0 saturated heterocycles. The highest BCUT2D eigenvalue weighted by Crippen LogP contribution is 2.26. The lowest BCUT2D eigenvalue weighted by atomic mass is 10.2. The van der Waals surface area contributed by atoms with Crippen LogP contribution in [0.25, 0.3) is 0 Å². The van der Waals surface area contributed by atoms with Crippen molar-refractivity contribution in [1.29, 1.82) is 0 Å². The molecule has 0 spiro atoms. The minimum absolute atomic E-state index is 0.0875. The Bertz CT molecular complexity index is 346. The highest BCUT2D eigenvalue weighted by molar-refractivity contribution is 7.80. The topological polar surface area (TPSA) is 12.5 Å². The fraction of sp³-hybridized carbons (Fsp3) is 0.400. The molecule has 1 rings (SSSR count). The van der Waals surface area contributed by atoms with Crippen LogP contribution in [0.1, 0.15) is 0 Å². The Kier molecular flexibility index (Phi) is 4.20. The van der Waals surface area contributed by atoms with E-state index in [1.807, 2.05) is 0 Å². The summed E-state index contributed by atoms with van der Waals surface area (Å²) in [6.07, 6.45) is 0. The van der Waals surface area contributed by atoms with Gasteiger partial charge in [0.15, 0.2) is 11.6 Å². The first-order valence-corrected chi connectivity index (χ1v) is 5.08. The molecule has 0 heterocycles. The molecular weight excluding hydrogens is 220 g/mol. The summed E-state index contributed by atoms with van der Waals surface area (Å²) in [6, 6.07) is 2.16. The van der Waals surface area contributed by atoms with Crippen LogP contribution < -0.4 is 9.64 Å². The molecule has 15 heavy (non-hydrogen) atoms. The number of thiol groups is 1. The Labute approximate surface area is 93.3 Å². The van der Waals surface area contributed by atoms with Crippen molar-refractivity contribution >= 4 is 18.3 Å². The second-order valence-electron chi connectivity index (χ2n) is 3.08. The molecule has 1 aromatic carbocycles.